The standard InChI is InChI=1S/C16H17N5O2S/c1-12-20-15(11-21(12)2)24(22,23)19-10-14-6-4-8-18-16(14)13-5-3-7-17-9-13/h3-9,11,19H,10H2,1-2H3. The van der Waals surface area contributed by atoms with E-state index in [1.807, 2.05) is 18.2 Å². The van der Waals surface area contributed by atoms with Gasteiger partial charge >= 0.3 is 0 Å². The van der Waals surface area contributed by atoms with Crippen molar-refractivity contribution in [3.05, 3.63) is 60.4 Å². The van der Waals surface area contributed by atoms with Crippen LogP contribution in [0.5, 0.6) is 0 Å². The molecule has 0 aliphatic heterocycles. The first-order chi connectivity index (χ1) is 11.5. The molecular weight excluding hydrogens is 326 g/mol. The Morgan fingerprint density at radius 1 is 1.21 bits per heavy atom. The van der Waals surface area contributed by atoms with E-state index in [4.69, 9.17) is 0 Å². The Balaban J connectivity index is 1.85. The highest BCUT2D eigenvalue weighted by molar-refractivity contribution is 7.89. The summed E-state index contributed by atoms with van der Waals surface area (Å²) in [5, 5.41) is 0.00863. The molecule has 24 heavy (non-hydrogen) atoms. The van der Waals surface area contributed by atoms with Crippen LogP contribution in [0.25, 0.3) is 11.3 Å². The van der Waals surface area contributed by atoms with Crippen molar-refractivity contribution in [1.29, 1.82) is 0 Å². The zero-order valence-electron chi connectivity index (χ0n) is 13.3. The summed E-state index contributed by atoms with van der Waals surface area (Å²) in [5.74, 6) is 0.632. The van der Waals surface area contributed by atoms with Gasteiger partial charge in [0, 0.05) is 43.9 Å². The van der Waals surface area contributed by atoms with Gasteiger partial charge in [-0.05, 0) is 30.7 Å². The summed E-state index contributed by atoms with van der Waals surface area (Å²) >= 11 is 0. The first kappa shape index (κ1) is 16.3. The van der Waals surface area contributed by atoms with Gasteiger partial charge in [0.05, 0.1) is 5.69 Å². The zero-order valence-corrected chi connectivity index (χ0v) is 14.2. The van der Waals surface area contributed by atoms with Crippen molar-refractivity contribution in [3.8, 4) is 11.3 Å². The van der Waals surface area contributed by atoms with Crippen LogP contribution in [0, 0.1) is 6.92 Å². The molecule has 0 aliphatic rings. The number of nitrogens with zero attached hydrogens (tertiary/aromatic N) is 4. The molecule has 0 aromatic carbocycles. The number of sulfonamides is 1. The summed E-state index contributed by atoms with van der Waals surface area (Å²) in [6, 6.07) is 7.31. The second-order valence-corrected chi connectivity index (χ2v) is 7.03. The predicted molar refractivity (Wildman–Crippen MR) is 89.4 cm³/mol. The smallest absolute Gasteiger partial charge is 0.259 e. The highest BCUT2D eigenvalue weighted by atomic mass is 32.2. The lowest BCUT2D eigenvalue weighted by Crippen LogP contribution is -2.24. The summed E-state index contributed by atoms with van der Waals surface area (Å²) in [7, 11) is -1.93. The maximum Gasteiger partial charge on any atom is 0.259 e. The van der Waals surface area contributed by atoms with Crippen molar-refractivity contribution < 1.29 is 8.42 Å². The molecule has 7 nitrogen and oxygen atoms in total. The number of pyridine rings is 2. The van der Waals surface area contributed by atoms with Gasteiger partial charge in [0.2, 0.25) is 0 Å². The molecule has 8 heteroatoms. The van der Waals surface area contributed by atoms with Crippen LogP contribution >= 0.6 is 0 Å². The lowest BCUT2D eigenvalue weighted by molar-refractivity contribution is 0.578. The van der Waals surface area contributed by atoms with E-state index in [1.54, 1.807) is 43.2 Å². The molecule has 3 aromatic rings. The Labute approximate surface area is 140 Å². The van der Waals surface area contributed by atoms with Gasteiger partial charge in [0.25, 0.3) is 10.0 Å². The van der Waals surface area contributed by atoms with Crippen molar-refractivity contribution in [3.63, 3.8) is 0 Å². The molecule has 0 spiro atoms. The number of hydrogen-bond acceptors (Lipinski definition) is 5. The van der Waals surface area contributed by atoms with Gasteiger partial charge in [-0.25, -0.2) is 18.1 Å². The van der Waals surface area contributed by atoms with Crippen LogP contribution in [0.15, 0.2) is 54.1 Å². The van der Waals surface area contributed by atoms with E-state index in [9.17, 15) is 8.42 Å². The summed E-state index contributed by atoms with van der Waals surface area (Å²) in [6.07, 6.45) is 6.53. The molecule has 0 aliphatic carbocycles. The fourth-order valence-electron chi connectivity index (χ4n) is 2.25. The van der Waals surface area contributed by atoms with Crippen LogP contribution < -0.4 is 4.72 Å². The second-order valence-electron chi connectivity index (χ2n) is 5.31. The third kappa shape index (κ3) is 3.34. The van der Waals surface area contributed by atoms with Crippen LogP contribution in [0.1, 0.15) is 11.4 Å². The SMILES string of the molecule is Cc1nc(S(=O)(=O)NCc2cccnc2-c2cccnc2)cn1C. The van der Waals surface area contributed by atoms with Crippen LogP contribution in [-0.4, -0.2) is 27.9 Å². The van der Waals surface area contributed by atoms with Gasteiger partial charge in [0.1, 0.15) is 5.82 Å². The minimum atomic E-state index is -3.68. The monoisotopic (exact) mass is 343 g/mol. The van der Waals surface area contributed by atoms with Gasteiger partial charge in [-0.3, -0.25) is 9.97 Å². The molecule has 3 heterocycles. The molecule has 1 N–H and O–H groups in total. The molecule has 0 atom stereocenters. The number of aryl methyl sites for hydroxylation is 2. The largest absolute Gasteiger partial charge is 0.337 e. The summed E-state index contributed by atoms with van der Waals surface area (Å²) in [6.45, 7) is 1.87. The molecule has 0 saturated carbocycles. The van der Waals surface area contributed by atoms with Crippen molar-refractivity contribution in [2.75, 3.05) is 0 Å². The second kappa shape index (κ2) is 6.50. The lowest BCUT2D eigenvalue weighted by atomic mass is 10.1. The number of nitrogens with one attached hydrogen (secondary N) is 1. The maximum atomic E-state index is 12.4. The van der Waals surface area contributed by atoms with E-state index in [2.05, 4.69) is 19.7 Å². The van der Waals surface area contributed by atoms with Crippen molar-refractivity contribution in [2.24, 2.45) is 7.05 Å². The van der Waals surface area contributed by atoms with Gasteiger partial charge in [0.15, 0.2) is 5.03 Å². The van der Waals surface area contributed by atoms with E-state index in [0.29, 0.717) is 11.5 Å². The van der Waals surface area contributed by atoms with E-state index < -0.39 is 10.0 Å². The predicted octanol–water partition coefficient (Wildman–Crippen LogP) is 1.66. The highest BCUT2D eigenvalue weighted by Gasteiger charge is 2.19. The van der Waals surface area contributed by atoms with Gasteiger partial charge in [-0.2, -0.15) is 0 Å². The summed E-state index contributed by atoms with van der Waals surface area (Å²) < 4.78 is 29.0. The third-order valence-electron chi connectivity index (χ3n) is 3.64. The van der Waals surface area contributed by atoms with Crippen LogP contribution in [0.4, 0.5) is 0 Å². The molecule has 124 valence electrons. The Morgan fingerprint density at radius 3 is 2.67 bits per heavy atom. The number of hydrogen-bond donors (Lipinski definition) is 1. The van der Waals surface area contributed by atoms with Gasteiger partial charge in [-0.1, -0.05) is 6.07 Å². The molecule has 3 rings (SSSR count). The maximum absolute atomic E-state index is 12.4. The van der Waals surface area contributed by atoms with E-state index >= 15 is 0 Å². The molecule has 0 radical (unpaired) electrons. The average molecular weight is 343 g/mol. The summed E-state index contributed by atoms with van der Waals surface area (Å²) in [4.78, 5) is 12.5. The van der Waals surface area contributed by atoms with E-state index in [1.165, 1.54) is 6.20 Å². The minimum Gasteiger partial charge on any atom is -0.337 e. The molecule has 3 aromatic heterocycles. The zero-order chi connectivity index (χ0) is 17.2. The van der Waals surface area contributed by atoms with Crippen LogP contribution in [0.3, 0.4) is 0 Å². The normalized spacial score (nSPS) is 11.6. The van der Waals surface area contributed by atoms with Crippen LogP contribution in [0.2, 0.25) is 0 Å². The number of aromatic nitrogens is 4. The fraction of sp³-hybridized carbons (Fsp3) is 0.188. The number of imidazole rings is 1. The highest BCUT2D eigenvalue weighted by Crippen LogP contribution is 2.20. The average Bonchev–Trinajstić information content (AvgIpc) is 2.94. The Bertz CT molecular complexity index is 932. The van der Waals surface area contributed by atoms with Crippen LogP contribution in [-0.2, 0) is 23.6 Å². The van der Waals surface area contributed by atoms with Crippen molar-refractivity contribution >= 4 is 10.0 Å². The Morgan fingerprint density at radius 2 is 2.00 bits per heavy atom. The summed E-state index contributed by atoms with van der Waals surface area (Å²) in [5.41, 5.74) is 2.30. The Kier molecular flexibility index (Phi) is 4.41. The lowest BCUT2D eigenvalue weighted by Gasteiger charge is -2.09. The van der Waals surface area contributed by atoms with Crippen molar-refractivity contribution in [1.82, 2.24) is 24.2 Å². The first-order valence-electron chi connectivity index (χ1n) is 7.31. The van der Waals surface area contributed by atoms with Crippen molar-refractivity contribution in [2.45, 2.75) is 18.5 Å². The topological polar surface area (TPSA) is 89.8 Å². The molecular formula is C16H17N5O2S. The number of rotatable bonds is 5. The Hall–Kier alpha value is -2.58. The third-order valence-corrected chi connectivity index (χ3v) is 4.91. The quantitative estimate of drug-likeness (QED) is 0.761. The first-order valence-corrected chi connectivity index (χ1v) is 8.79. The molecule has 0 fully saturated rings. The molecule has 0 bridgehead atoms. The molecule has 0 unspecified atom stereocenters. The van der Waals surface area contributed by atoms with E-state index in [0.717, 1.165) is 11.1 Å². The minimum absolute atomic E-state index is 0.00863. The van der Waals surface area contributed by atoms with Gasteiger partial charge in [-0.15, -0.1) is 0 Å². The van der Waals surface area contributed by atoms with Gasteiger partial charge < -0.3 is 4.57 Å². The molecule has 0 amide bonds. The fourth-order valence-corrected chi connectivity index (χ4v) is 3.29. The molecule has 0 saturated heterocycles. The van der Waals surface area contributed by atoms with E-state index in [-0.39, 0.29) is 11.6 Å².